The van der Waals surface area contributed by atoms with E-state index >= 15 is 0 Å². The van der Waals surface area contributed by atoms with E-state index in [4.69, 9.17) is 0 Å². The number of carbonyl (C=O) groups excluding carboxylic acids is 1. The fraction of sp³-hybridized carbons (Fsp3) is 0.562. The van der Waals surface area contributed by atoms with Crippen molar-refractivity contribution in [3.05, 3.63) is 29.3 Å². The third-order valence-electron chi connectivity index (χ3n) is 4.22. The molecular formula is C16H17F6NO. The molecule has 1 unspecified atom stereocenters. The molecule has 8 heteroatoms. The number of fused-ring (bicyclic) bond motifs is 1. The third-order valence-corrected chi connectivity index (χ3v) is 4.22. The zero-order chi connectivity index (χ0) is 18.3. The first kappa shape index (κ1) is 18.6. The van der Waals surface area contributed by atoms with Crippen molar-refractivity contribution < 1.29 is 31.1 Å². The second kappa shape index (κ2) is 5.97. The van der Waals surface area contributed by atoms with Crippen LogP contribution in [0.25, 0.3) is 0 Å². The van der Waals surface area contributed by atoms with Gasteiger partial charge in [0, 0.05) is 12.2 Å². The van der Waals surface area contributed by atoms with Crippen LogP contribution < -0.4 is 4.90 Å². The van der Waals surface area contributed by atoms with Gasteiger partial charge in [-0.05, 0) is 31.0 Å². The van der Waals surface area contributed by atoms with Gasteiger partial charge in [0.05, 0.1) is 17.4 Å². The van der Waals surface area contributed by atoms with Crippen molar-refractivity contribution in [2.24, 2.45) is 0 Å². The summed E-state index contributed by atoms with van der Waals surface area (Å²) in [6.07, 6.45) is -9.49. The molecule has 1 aliphatic rings. The van der Waals surface area contributed by atoms with Gasteiger partial charge in [0.15, 0.2) is 0 Å². The Hall–Kier alpha value is -1.73. The first-order chi connectivity index (χ1) is 10.9. The maximum atomic E-state index is 12.9. The molecule has 24 heavy (non-hydrogen) atoms. The number of carbonyl (C=O) groups is 1. The van der Waals surface area contributed by atoms with E-state index < -0.39 is 35.7 Å². The number of hydrogen-bond acceptors (Lipinski definition) is 1. The highest BCUT2D eigenvalue weighted by molar-refractivity contribution is 6.08. The number of hydrogen-bond donors (Lipinski definition) is 0. The summed E-state index contributed by atoms with van der Waals surface area (Å²) in [5.41, 5.74) is -2.96. The van der Waals surface area contributed by atoms with Gasteiger partial charge in [0.25, 0.3) is 0 Å². The van der Waals surface area contributed by atoms with Gasteiger partial charge in [-0.3, -0.25) is 4.79 Å². The molecule has 0 radical (unpaired) electrons. The van der Waals surface area contributed by atoms with Crippen LogP contribution in [0.2, 0.25) is 0 Å². The number of halogens is 6. The zero-order valence-electron chi connectivity index (χ0n) is 13.2. The molecule has 134 valence electrons. The van der Waals surface area contributed by atoms with Gasteiger partial charge in [-0.2, -0.15) is 26.3 Å². The Morgan fingerprint density at radius 1 is 1.12 bits per heavy atom. The van der Waals surface area contributed by atoms with Gasteiger partial charge in [-0.15, -0.1) is 0 Å². The number of anilines is 1. The van der Waals surface area contributed by atoms with E-state index in [1.165, 1.54) is 0 Å². The predicted molar refractivity (Wildman–Crippen MR) is 76.7 cm³/mol. The molecule has 0 aromatic heterocycles. The van der Waals surface area contributed by atoms with E-state index in [1.807, 2.05) is 6.92 Å². The molecule has 0 bridgehead atoms. The van der Waals surface area contributed by atoms with Crippen molar-refractivity contribution in [1.82, 2.24) is 0 Å². The van der Waals surface area contributed by atoms with Crippen LogP contribution in [0, 0.1) is 0 Å². The monoisotopic (exact) mass is 353 g/mol. The van der Waals surface area contributed by atoms with Crippen molar-refractivity contribution in [2.45, 2.75) is 50.9 Å². The predicted octanol–water partition coefficient (Wildman–Crippen LogP) is 5.06. The fourth-order valence-electron chi connectivity index (χ4n) is 3.03. The van der Waals surface area contributed by atoms with Crippen molar-refractivity contribution in [3.8, 4) is 0 Å². The van der Waals surface area contributed by atoms with Gasteiger partial charge in [0.2, 0.25) is 5.91 Å². The van der Waals surface area contributed by atoms with Crippen LogP contribution in [0.15, 0.2) is 18.2 Å². The van der Waals surface area contributed by atoms with Crippen molar-refractivity contribution >= 4 is 11.6 Å². The van der Waals surface area contributed by atoms with E-state index in [0.717, 1.165) is 30.0 Å². The highest BCUT2D eigenvalue weighted by Gasteiger charge is 2.53. The minimum absolute atomic E-state index is 0.00562. The topological polar surface area (TPSA) is 20.3 Å². The van der Waals surface area contributed by atoms with Gasteiger partial charge in [-0.1, -0.05) is 19.4 Å². The second-order valence-corrected chi connectivity index (χ2v) is 6.16. The molecule has 1 aromatic rings. The molecule has 2 nitrogen and oxygen atoms in total. The lowest BCUT2D eigenvalue weighted by Crippen LogP contribution is -2.41. The first-order valence-electron chi connectivity index (χ1n) is 7.50. The fourth-order valence-corrected chi connectivity index (χ4v) is 3.03. The van der Waals surface area contributed by atoms with E-state index in [9.17, 15) is 31.1 Å². The van der Waals surface area contributed by atoms with Crippen LogP contribution in [-0.4, -0.2) is 18.6 Å². The Morgan fingerprint density at radius 3 is 2.25 bits per heavy atom. The van der Waals surface area contributed by atoms with Crippen molar-refractivity contribution in [2.75, 3.05) is 11.4 Å². The lowest BCUT2D eigenvalue weighted by molar-refractivity contribution is -0.155. The molecule has 1 amide bonds. The standard InChI is InChI=1S/C16H17F6NO/c1-3-4-7-23-12-8-10(16(20,21)22)5-6-11(12)14(2,13(23)24)9-15(17,18)19/h5-6,8H,3-4,7,9H2,1-2H3. The number of benzene rings is 1. The van der Waals surface area contributed by atoms with Gasteiger partial charge >= 0.3 is 12.4 Å². The summed E-state index contributed by atoms with van der Waals surface area (Å²) in [6, 6.07) is 2.49. The van der Waals surface area contributed by atoms with Crippen LogP contribution >= 0.6 is 0 Å². The number of alkyl halides is 6. The Kier molecular flexibility index (Phi) is 4.63. The molecule has 2 rings (SSSR count). The molecule has 0 saturated carbocycles. The normalized spacial score (nSPS) is 21.3. The molecule has 0 spiro atoms. The molecule has 1 heterocycles. The van der Waals surface area contributed by atoms with Crippen molar-refractivity contribution in [3.63, 3.8) is 0 Å². The zero-order valence-corrected chi connectivity index (χ0v) is 13.2. The van der Waals surface area contributed by atoms with Crippen LogP contribution in [0.1, 0.15) is 44.2 Å². The Balaban J connectivity index is 2.56. The van der Waals surface area contributed by atoms with Gasteiger partial charge < -0.3 is 4.90 Å². The SMILES string of the molecule is CCCCN1C(=O)C(C)(CC(F)(F)F)c2ccc(C(F)(F)F)cc21. The smallest absolute Gasteiger partial charge is 0.311 e. The number of rotatable bonds is 4. The van der Waals surface area contributed by atoms with Crippen molar-refractivity contribution in [1.29, 1.82) is 0 Å². The molecule has 0 saturated heterocycles. The average Bonchev–Trinajstić information content (AvgIpc) is 2.62. The maximum absolute atomic E-state index is 12.9. The Labute approximate surface area is 135 Å². The molecule has 0 N–H and O–H groups in total. The summed E-state index contributed by atoms with van der Waals surface area (Å²) >= 11 is 0. The highest BCUT2D eigenvalue weighted by atomic mass is 19.4. The molecule has 1 aliphatic heterocycles. The highest BCUT2D eigenvalue weighted by Crippen LogP contribution is 2.49. The van der Waals surface area contributed by atoms with Crippen LogP contribution in [0.4, 0.5) is 32.0 Å². The average molecular weight is 353 g/mol. The molecule has 1 aromatic carbocycles. The number of nitrogens with zero attached hydrogens (tertiary/aromatic N) is 1. The largest absolute Gasteiger partial charge is 0.416 e. The minimum Gasteiger partial charge on any atom is -0.311 e. The summed E-state index contributed by atoms with van der Waals surface area (Å²) in [5, 5.41) is 0. The van der Waals surface area contributed by atoms with E-state index in [1.54, 1.807) is 0 Å². The third kappa shape index (κ3) is 3.37. The molecular weight excluding hydrogens is 336 g/mol. The summed E-state index contributed by atoms with van der Waals surface area (Å²) in [6.45, 7) is 3.06. The lowest BCUT2D eigenvalue weighted by Gasteiger charge is -2.25. The van der Waals surface area contributed by atoms with E-state index in [0.29, 0.717) is 12.8 Å². The second-order valence-electron chi connectivity index (χ2n) is 6.16. The molecule has 1 atom stereocenters. The van der Waals surface area contributed by atoms with Crippen LogP contribution in [0.3, 0.4) is 0 Å². The van der Waals surface area contributed by atoms with Crippen LogP contribution in [-0.2, 0) is 16.4 Å². The summed E-state index contributed by atoms with van der Waals surface area (Å²) in [4.78, 5) is 13.6. The summed E-state index contributed by atoms with van der Waals surface area (Å²) in [5.74, 6) is -0.803. The Bertz CT molecular complexity index is 636. The van der Waals surface area contributed by atoms with Gasteiger partial charge in [-0.25, -0.2) is 0 Å². The Morgan fingerprint density at radius 2 is 1.75 bits per heavy atom. The number of amides is 1. The number of unbranched alkanes of at least 4 members (excludes halogenated alkanes) is 1. The maximum Gasteiger partial charge on any atom is 0.416 e. The molecule has 0 aliphatic carbocycles. The summed E-state index contributed by atoms with van der Waals surface area (Å²) < 4.78 is 77.5. The molecule has 0 fully saturated rings. The first-order valence-corrected chi connectivity index (χ1v) is 7.50. The van der Waals surface area contributed by atoms with Crippen LogP contribution in [0.5, 0.6) is 0 Å². The lowest BCUT2D eigenvalue weighted by atomic mass is 9.80. The van der Waals surface area contributed by atoms with E-state index in [2.05, 4.69) is 0 Å². The summed E-state index contributed by atoms with van der Waals surface area (Å²) in [7, 11) is 0. The van der Waals surface area contributed by atoms with Gasteiger partial charge in [0.1, 0.15) is 0 Å². The van der Waals surface area contributed by atoms with E-state index in [-0.39, 0.29) is 17.8 Å². The minimum atomic E-state index is -4.63. The quantitative estimate of drug-likeness (QED) is 0.693.